The number of phenolic OH excluding ortho intramolecular Hbond substituents is 4. The topological polar surface area (TPSA) is 436 Å². The number of aliphatic hydroxyl groups excluding tert-OH is 4. The second kappa shape index (κ2) is 26.0. The maximum absolute atomic E-state index is 17.9. The van der Waals surface area contributed by atoms with Crippen molar-refractivity contribution in [2.75, 3.05) is 42.4 Å². The van der Waals surface area contributed by atoms with Crippen LogP contribution in [-0.4, -0.2) is 224 Å². The van der Waals surface area contributed by atoms with Crippen molar-refractivity contribution in [3.8, 4) is 23.0 Å². The SMILES string of the molecule is CCC1(OC2CC(OC)C(O)C(C)O2)C(OC2CC(O)C(N(C)C)C(C)O2)c2c(c3c(O)c4c(=O)ccc(=O)c4c(O)c3c2=[N+]=[N-])C(=O)C1C1C(=O)c2c(c(=[N+]=[N-])c3c(O)c4c(=O)ccc(=O)c4c(O)c23)C(OC2CC(O)C(N(C)C)C(C)O2)C1(CC)OC1CC(OC)C(O)C(C)O1. The summed E-state index contributed by atoms with van der Waals surface area (Å²) in [5.74, 6) is -11.6. The second-order valence-corrected chi connectivity index (χ2v) is 27.2. The number of ether oxygens (including phenoxy) is 10. The molecule has 0 bridgehead atoms. The fraction of sp³-hybridized carbons (Fsp3) is 0.588. The Morgan fingerprint density at radius 1 is 0.480 bits per heavy atom. The lowest BCUT2D eigenvalue weighted by atomic mass is 9.55. The summed E-state index contributed by atoms with van der Waals surface area (Å²) in [6.45, 7) is 9.33. The maximum Gasteiger partial charge on any atom is 0.333 e. The molecule has 0 radical (unpaired) electrons. The summed E-state index contributed by atoms with van der Waals surface area (Å²) in [6.07, 6.45) is -24.5. The van der Waals surface area contributed by atoms with Crippen molar-refractivity contribution in [1.82, 2.24) is 9.80 Å². The van der Waals surface area contributed by atoms with Gasteiger partial charge in [0.2, 0.25) is 0 Å². The molecule has 4 fully saturated rings. The predicted molar refractivity (Wildman–Crippen MR) is 341 cm³/mol. The zero-order valence-electron chi connectivity index (χ0n) is 55.9. The molecule has 22 atom stereocenters. The minimum Gasteiger partial charge on any atom is -0.506 e. The number of ketones is 2. The molecule has 0 aromatic heterocycles. The van der Waals surface area contributed by atoms with E-state index >= 15 is 9.59 Å². The van der Waals surface area contributed by atoms with E-state index in [-0.39, 0.29) is 25.7 Å². The first-order chi connectivity index (χ1) is 46.4. The summed E-state index contributed by atoms with van der Waals surface area (Å²) >= 11 is 0. The van der Waals surface area contributed by atoms with Gasteiger partial charge in [0.05, 0.1) is 105 Å². The van der Waals surface area contributed by atoms with Crippen LogP contribution < -0.4 is 32.4 Å². The highest BCUT2D eigenvalue weighted by Crippen LogP contribution is 2.63. The van der Waals surface area contributed by atoms with E-state index in [0.29, 0.717) is 0 Å². The van der Waals surface area contributed by atoms with Crippen LogP contribution in [0.4, 0.5) is 0 Å². The molecule has 4 heterocycles. The molecule has 2 aliphatic carbocycles. The fourth-order valence-electron chi connectivity index (χ4n) is 17.2. The normalized spacial score (nSPS) is 35.4. The molecular weight excluding hydrogens is 1280 g/mol. The van der Waals surface area contributed by atoms with E-state index in [1.165, 1.54) is 41.9 Å². The van der Waals surface area contributed by atoms with Crippen LogP contribution in [0.2, 0.25) is 0 Å². The van der Waals surface area contributed by atoms with Gasteiger partial charge >= 0.3 is 10.7 Å². The Kier molecular flexibility index (Phi) is 18.8. The van der Waals surface area contributed by atoms with Gasteiger partial charge in [0, 0.05) is 61.8 Å². The fourth-order valence-corrected chi connectivity index (χ4v) is 17.2. The van der Waals surface area contributed by atoms with Crippen LogP contribution in [0.15, 0.2) is 43.4 Å². The van der Waals surface area contributed by atoms with Crippen LogP contribution in [0.25, 0.3) is 54.2 Å². The third-order valence-corrected chi connectivity index (χ3v) is 21.6. The smallest absolute Gasteiger partial charge is 0.333 e. The standard InChI is InChI=1S/C68H80N6O24/c1-13-67(97-37-21-33(89-11)57(81)25(5)93-37)51(63(87)45-43-47(61(85)41-29(77)17-15-27(75)39(41)59(43)83)53(71-69)49(45)65(67)95-35-19-31(79)55(73(7)8)23(3)91-35)52-64(88)46-44-48(62(86)42-30(78)18-16-28(76)40(42)60(44)84)54(72-70)50(46)66(96-36-20-32(80)56(74(9)10)24(4)92-36)68(52,14-2)98-38-22-34(90-12)58(82)26(6)94-38/h15-18,23-26,31-38,51-52,55-58,65-66,79-86H,13-14,19-22H2,1-12H3. The first-order valence-electron chi connectivity index (χ1n) is 32.6. The third-order valence-electron chi connectivity index (χ3n) is 21.6. The summed E-state index contributed by atoms with van der Waals surface area (Å²) in [7, 11) is 9.47. The highest BCUT2D eigenvalue weighted by Gasteiger charge is 2.71. The van der Waals surface area contributed by atoms with Gasteiger partial charge in [-0.15, -0.1) is 0 Å². The number of hydrogen-bond donors (Lipinski definition) is 8. The lowest BCUT2D eigenvalue weighted by molar-refractivity contribution is -0.352. The van der Waals surface area contributed by atoms with E-state index in [2.05, 4.69) is 9.58 Å². The molecule has 12 rings (SSSR count). The van der Waals surface area contributed by atoms with Gasteiger partial charge in [-0.1, -0.05) is 13.8 Å². The molecule has 6 aromatic carbocycles. The number of fused-ring (bicyclic) bond motifs is 8. The molecule has 6 aliphatic rings. The number of rotatable bonds is 15. The van der Waals surface area contributed by atoms with E-state index < -0.39 is 279 Å². The quantitative estimate of drug-likeness (QED) is 0.0407. The first-order valence-corrected chi connectivity index (χ1v) is 32.6. The molecular formula is C68H80N6O24. The predicted octanol–water partition coefficient (Wildman–Crippen LogP) is 1.22. The molecule has 0 spiro atoms. The molecule has 526 valence electrons. The first kappa shape index (κ1) is 70.6. The lowest BCUT2D eigenvalue weighted by Gasteiger charge is -2.58. The number of nitrogens with zero attached hydrogens (tertiary/aromatic N) is 6. The molecule has 4 saturated heterocycles. The average Bonchev–Trinajstić information content (AvgIpc) is 1.66. The molecule has 98 heavy (non-hydrogen) atoms. The lowest BCUT2D eigenvalue weighted by Crippen LogP contribution is -2.68. The van der Waals surface area contributed by atoms with Crippen LogP contribution in [0.3, 0.4) is 0 Å². The van der Waals surface area contributed by atoms with E-state index in [1.807, 2.05) is 0 Å². The summed E-state index contributed by atoms with van der Waals surface area (Å²) in [6, 6.07) is 1.96. The monoisotopic (exact) mass is 1360 g/mol. The number of aliphatic hydroxyl groups is 4. The van der Waals surface area contributed by atoms with Crippen molar-refractivity contribution < 1.29 is 107 Å². The van der Waals surface area contributed by atoms with E-state index in [0.717, 1.165) is 24.3 Å². The van der Waals surface area contributed by atoms with Gasteiger partial charge in [-0.2, -0.15) is 9.58 Å². The summed E-state index contributed by atoms with van der Waals surface area (Å²) in [5, 5.41) is 90.9. The minimum absolute atomic E-state index is 0.351. The number of carbonyl (C=O) groups is 2. The van der Waals surface area contributed by atoms with Crippen molar-refractivity contribution in [3.05, 3.63) is 109 Å². The number of carbonyl (C=O) groups excluding carboxylic acids is 2. The zero-order valence-corrected chi connectivity index (χ0v) is 55.9. The van der Waals surface area contributed by atoms with Crippen LogP contribution in [0.5, 0.6) is 23.0 Å². The van der Waals surface area contributed by atoms with Crippen molar-refractivity contribution in [3.63, 3.8) is 0 Å². The minimum atomic E-state index is -2.67. The average molecular weight is 1370 g/mol. The van der Waals surface area contributed by atoms with Crippen LogP contribution in [0, 0.1) is 11.8 Å². The Hall–Kier alpha value is -7.26. The molecule has 0 saturated carbocycles. The van der Waals surface area contributed by atoms with Gasteiger partial charge < -0.3 is 109 Å². The van der Waals surface area contributed by atoms with Crippen molar-refractivity contribution >= 4 is 54.7 Å². The third kappa shape index (κ3) is 10.5. The summed E-state index contributed by atoms with van der Waals surface area (Å²) < 4.78 is 67.5. The van der Waals surface area contributed by atoms with E-state index in [4.69, 9.17) is 47.4 Å². The molecule has 30 heteroatoms. The molecule has 30 nitrogen and oxygen atoms in total. The van der Waals surface area contributed by atoms with Crippen molar-refractivity contribution in [1.29, 1.82) is 0 Å². The van der Waals surface area contributed by atoms with Gasteiger partial charge in [0.1, 0.15) is 69.4 Å². The highest BCUT2D eigenvalue weighted by molar-refractivity contribution is 6.25. The van der Waals surface area contributed by atoms with Crippen LogP contribution in [-0.2, 0) is 47.4 Å². The van der Waals surface area contributed by atoms with Crippen molar-refractivity contribution in [2.45, 2.75) is 202 Å². The van der Waals surface area contributed by atoms with Crippen molar-refractivity contribution in [2.24, 2.45) is 11.8 Å². The number of hydrogen-bond acceptors (Lipinski definition) is 26. The molecule has 0 amide bonds. The molecule has 4 aliphatic heterocycles. The summed E-state index contributed by atoms with van der Waals surface area (Å²) in [4.78, 5) is 103. The zero-order chi connectivity index (χ0) is 71.1. The van der Waals surface area contributed by atoms with E-state index in [9.17, 15) is 71.1 Å². The Morgan fingerprint density at radius 2 is 0.786 bits per heavy atom. The second-order valence-electron chi connectivity index (χ2n) is 27.2. The number of Topliss-reactive ketones (excluding diaryl/α,β-unsaturated/α-hetero) is 2. The van der Waals surface area contributed by atoms with Gasteiger partial charge in [0.25, 0.3) is 0 Å². The number of phenols is 4. The van der Waals surface area contributed by atoms with Gasteiger partial charge in [-0.25, -0.2) is 0 Å². The largest absolute Gasteiger partial charge is 0.506 e. The number of likely N-dealkylation sites (N-methyl/N-ethyl adjacent to an activating group) is 2. The summed E-state index contributed by atoms with van der Waals surface area (Å²) in [5.41, 5.74) is 11.4. The highest BCUT2D eigenvalue weighted by atomic mass is 16.7. The number of methoxy groups -OCH3 is 2. The Bertz CT molecular complexity index is 4300. The Morgan fingerprint density at radius 3 is 1.06 bits per heavy atom. The van der Waals surface area contributed by atoms with Gasteiger partial charge in [-0.3, -0.25) is 28.8 Å². The van der Waals surface area contributed by atoms with Gasteiger partial charge in [0.15, 0.2) is 58.4 Å². The van der Waals surface area contributed by atoms with Crippen LogP contribution >= 0.6 is 0 Å². The molecule has 8 N–H and O–H groups in total. The maximum atomic E-state index is 17.9. The van der Waals surface area contributed by atoms with E-state index in [1.54, 1.807) is 51.8 Å². The van der Waals surface area contributed by atoms with Gasteiger partial charge in [-0.05, 0) is 93.0 Å². The molecule has 6 aromatic rings. The number of benzene rings is 4. The Balaban J connectivity index is 1.27. The Labute approximate surface area is 558 Å². The molecule has 22 unspecified atom stereocenters. The van der Waals surface area contributed by atoms with Crippen LogP contribution in [0.1, 0.15) is 124 Å². The number of aromatic hydroxyl groups is 4.